The molecule has 5 rings (SSSR count). The van der Waals surface area contributed by atoms with Crippen molar-refractivity contribution in [2.45, 2.75) is 6.42 Å². The highest BCUT2D eigenvalue weighted by Crippen LogP contribution is 2.30. The molecule has 2 aromatic carbocycles. The molecule has 2 saturated heterocycles. The van der Waals surface area contributed by atoms with Crippen molar-refractivity contribution in [3.05, 3.63) is 81.8 Å². The molecular formula is C28H30FN5O3S. The molecule has 3 amide bonds. The Morgan fingerprint density at radius 3 is 2.29 bits per heavy atom. The lowest BCUT2D eigenvalue weighted by Crippen LogP contribution is -2.48. The second-order valence-corrected chi connectivity index (χ2v) is 10.3. The van der Waals surface area contributed by atoms with Crippen LogP contribution in [-0.4, -0.2) is 79.9 Å². The van der Waals surface area contributed by atoms with Gasteiger partial charge in [0.25, 0.3) is 17.7 Å². The second kappa shape index (κ2) is 11.7. The highest BCUT2D eigenvalue weighted by atomic mass is 32.1. The van der Waals surface area contributed by atoms with Crippen LogP contribution in [0.5, 0.6) is 0 Å². The van der Waals surface area contributed by atoms with Crippen molar-refractivity contribution >= 4 is 40.4 Å². The van der Waals surface area contributed by atoms with Crippen molar-refractivity contribution in [2.75, 3.05) is 62.6 Å². The molecule has 3 heterocycles. The molecule has 2 aliphatic heterocycles. The van der Waals surface area contributed by atoms with E-state index in [9.17, 15) is 18.8 Å². The standard InChI is InChI=1S/C28H30FN5O3S/c29-22-7-4-20(5-8-22)26(35)31-23-19-21(27(36)33-12-2-10-30-11-13-33)6-9-24(23)32-14-16-34(17-15-32)28(37)25-3-1-18-38-25/h1,3-9,18-19,30H,2,10-17H2,(H,31,35). The van der Waals surface area contributed by atoms with Crippen molar-refractivity contribution in [3.8, 4) is 0 Å². The molecular weight excluding hydrogens is 505 g/mol. The lowest BCUT2D eigenvalue weighted by atomic mass is 10.1. The van der Waals surface area contributed by atoms with Gasteiger partial charge in [-0.1, -0.05) is 6.07 Å². The summed E-state index contributed by atoms with van der Waals surface area (Å²) in [5.41, 5.74) is 2.10. The number of benzene rings is 2. The van der Waals surface area contributed by atoms with Crippen LogP contribution in [0.25, 0.3) is 0 Å². The van der Waals surface area contributed by atoms with Gasteiger partial charge in [-0.2, -0.15) is 0 Å². The molecule has 2 N–H and O–H groups in total. The van der Waals surface area contributed by atoms with E-state index in [1.807, 2.05) is 33.4 Å². The van der Waals surface area contributed by atoms with E-state index in [0.717, 1.165) is 30.1 Å². The zero-order chi connectivity index (χ0) is 26.5. The number of thiophene rings is 1. The number of carbonyl (C=O) groups excluding carboxylic acids is 3. The molecule has 38 heavy (non-hydrogen) atoms. The molecule has 0 unspecified atom stereocenters. The fourth-order valence-corrected chi connectivity index (χ4v) is 5.47. The lowest BCUT2D eigenvalue weighted by molar-refractivity contribution is 0.0748. The van der Waals surface area contributed by atoms with Gasteiger partial charge in [0.15, 0.2) is 0 Å². The second-order valence-electron chi connectivity index (χ2n) is 9.35. The Kier molecular flexibility index (Phi) is 8.00. The largest absolute Gasteiger partial charge is 0.366 e. The number of nitrogens with zero attached hydrogens (tertiary/aromatic N) is 3. The Morgan fingerprint density at radius 2 is 1.55 bits per heavy atom. The van der Waals surface area contributed by atoms with Crippen LogP contribution in [0.15, 0.2) is 60.0 Å². The molecule has 2 fully saturated rings. The summed E-state index contributed by atoms with van der Waals surface area (Å²) < 4.78 is 13.4. The van der Waals surface area contributed by atoms with E-state index in [0.29, 0.717) is 56.1 Å². The van der Waals surface area contributed by atoms with Crippen LogP contribution in [0, 0.1) is 5.82 Å². The first-order valence-corrected chi connectivity index (χ1v) is 13.7. The van der Waals surface area contributed by atoms with E-state index in [1.165, 1.54) is 35.6 Å². The smallest absolute Gasteiger partial charge is 0.264 e. The predicted molar refractivity (Wildman–Crippen MR) is 147 cm³/mol. The third-order valence-corrected chi connectivity index (χ3v) is 7.72. The molecule has 198 valence electrons. The number of rotatable bonds is 5. The van der Waals surface area contributed by atoms with Gasteiger partial charge in [0.05, 0.1) is 16.3 Å². The summed E-state index contributed by atoms with van der Waals surface area (Å²) in [6.07, 6.45) is 0.881. The average Bonchev–Trinajstić information content (AvgIpc) is 3.35. The van der Waals surface area contributed by atoms with E-state index in [-0.39, 0.29) is 17.7 Å². The molecule has 0 saturated carbocycles. The summed E-state index contributed by atoms with van der Waals surface area (Å²) in [5.74, 6) is -0.862. The summed E-state index contributed by atoms with van der Waals surface area (Å²) in [5, 5.41) is 8.14. The Morgan fingerprint density at radius 1 is 0.816 bits per heavy atom. The molecule has 0 radical (unpaired) electrons. The van der Waals surface area contributed by atoms with Gasteiger partial charge in [0.1, 0.15) is 5.82 Å². The minimum Gasteiger partial charge on any atom is -0.366 e. The molecule has 0 aliphatic carbocycles. The van der Waals surface area contributed by atoms with E-state index in [4.69, 9.17) is 0 Å². The van der Waals surface area contributed by atoms with E-state index in [2.05, 4.69) is 15.5 Å². The number of hydrogen-bond donors (Lipinski definition) is 2. The third kappa shape index (κ3) is 5.87. The van der Waals surface area contributed by atoms with E-state index < -0.39 is 5.82 Å². The molecule has 2 aliphatic rings. The minimum absolute atomic E-state index is 0.0253. The van der Waals surface area contributed by atoms with Crippen molar-refractivity contribution in [1.29, 1.82) is 0 Å². The fourth-order valence-electron chi connectivity index (χ4n) is 4.78. The summed E-state index contributed by atoms with van der Waals surface area (Å²) in [6.45, 7) is 5.18. The van der Waals surface area contributed by atoms with Crippen LogP contribution in [0.3, 0.4) is 0 Å². The van der Waals surface area contributed by atoms with Crippen LogP contribution in [0.2, 0.25) is 0 Å². The molecule has 1 aromatic heterocycles. The summed E-state index contributed by atoms with van der Waals surface area (Å²) in [7, 11) is 0. The first-order chi connectivity index (χ1) is 18.5. The summed E-state index contributed by atoms with van der Waals surface area (Å²) in [4.78, 5) is 45.6. The monoisotopic (exact) mass is 535 g/mol. The van der Waals surface area contributed by atoms with Crippen molar-refractivity contribution in [3.63, 3.8) is 0 Å². The predicted octanol–water partition coefficient (Wildman–Crippen LogP) is 3.54. The molecule has 0 bridgehead atoms. The molecule has 8 nitrogen and oxygen atoms in total. The zero-order valence-corrected chi connectivity index (χ0v) is 21.8. The zero-order valence-electron chi connectivity index (χ0n) is 21.0. The SMILES string of the molecule is O=C(Nc1cc(C(=O)N2CCCNCC2)ccc1N1CCN(C(=O)c2cccs2)CC1)c1ccc(F)cc1. The number of piperazine rings is 1. The highest BCUT2D eigenvalue weighted by Gasteiger charge is 2.26. The number of carbonyl (C=O) groups is 3. The summed E-state index contributed by atoms with van der Waals surface area (Å²) in [6, 6.07) is 14.4. The minimum atomic E-state index is -0.420. The number of amides is 3. The Balaban J connectivity index is 1.37. The topological polar surface area (TPSA) is 85.0 Å². The Labute approximate surface area is 225 Å². The molecule has 3 aromatic rings. The van der Waals surface area contributed by atoms with E-state index >= 15 is 0 Å². The van der Waals surface area contributed by atoms with Gasteiger partial charge >= 0.3 is 0 Å². The van der Waals surface area contributed by atoms with Gasteiger partial charge < -0.3 is 25.3 Å². The van der Waals surface area contributed by atoms with Crippen LogP contribution in [-0.2, 0) is 0 Å². The van der Waals surface area contributed by atoms with Crippen molar-refractivity contribution in [1.82, 2.24) is 15.1 Å². The van der Waals surface area contributed by atoms with Gasteiger partial charge in [-0.05, 0) is 66.9 Å². The maximum absolute atomic E-state index is 13.4. The number of nitrogens with one attached hydrogen (secondary N) is 2. The van der Waals surface area contributed by atoms with Crippen molar-refractivity contribution in [2.24, 2.45) is 0 Å². The fraction of sp³-hybridized carbons (Fsp3) is 0.321. The maximum atomic E-state index is 13.4. The van der Waals surface area contributed by atoms with Crippen molar-refractivity contribution < 1.29 is 18.8 Å². The van der Waals surface area contributed by atoms with Crippen LogP contribution >= 0.6 is 11.3 Å². The van der Waals surface area contributed by atoms with Gasteiger partial charge in [-0.25, -0.2) is 4.39 Å². The molecule has 0 spiro atoms. The maximum Gasteiger partial charge on any atom is 0.264 e. The van der Waals surface area contributed by atoms with Gasteiger partial charge in [0.2, 0.25) is 0 Å². The quantitative estimate of drug-likeness (QED) is 0.522. The van der Waals surface area contributed by atoms with Gasteiger partial charge in [-0.15, -0.1) is 11.3 Å². The van der Waals surface area contributed by atoms with Crippen LogP contribution < -0.4 is 15.5 Å². The number of anilines is 2. The highest BCUT2D eigenvalue weighted by molar-refractivity contribution is 7.12. The lowest BCUT2D eigenvalue weighted by Gasteiger charge is -2.37. The normalized spacial score (nSPS) is 16.2. The third-order valence-electron chi connectivity index (χ3n) is 6.86. The van der Waals surface area contributed by atoms with E-state index in [1.54, 1.807) is 12.1 Å². The first-order valence-electron chi connectivity index (χ1n) is 12.8. The number of halogens is 1. The Bertz CT molecular complexity index is 1280. The van der Waals surface area contributed by atoms with Crippen LogP contribution in [0.1, 0.15) is 36.8 Å². The molecule has 0 atom stereocenters. The first kappa shape index (κ1) is 25.9. The summed E-state index contributed by atoms with van der Waals surface area (Å²) >= 11 is 1.43. The van der Waals surface area contributed by atoms with Gasteiger partial charge in [0, 0.05) is 56.9 Å². The number of hydrogen-bond acceptors (Lipinski definition) is 6. The van der Waals surface area contributed by atoms with Gasteiger partial charge in [-0.3, -0.25) is 14.4 Å². The molecule has 10 heteroatoms. The van der Waals surface area contributed by atoms with Crippen LogP contribution in [0.4, 0.5) is 15.8 Å². The Hall–Kier alpha value is -3.76. The average molecular weight is 536 g/mol.